The summed E-state index contributed by atoms with van der Waals surface area (Å²) in [6.45, 7) is 2.82. The molecule has 0 amide bonds. The fourth-order valence-corrected chi connectivity index (χ4v) is 4.25. The van der Waals surface area contributed by atoms with E-state index in [1.54, 1.807) is 0 Å². The Kier molecular flexibility index (Phi) is 13.5. The van der Waals surface area contributed by atoms with Crippen LogP contribution in [-0.2, 0) is 0 Å². The van der Waals surface area contributed by atoms with Crippen LogP contribution in [0.2, 0.25) is 0 Å². The van der Waals surface area contributed by atoms with Crippen molar-refractivity contribution in [1.29, 1.82) is 0 Å². The third-order valence-electron chi connectivity index (χ3n) is 6.21. The first kappa shape index (κ1) is 32.3. The summed E-state index contributed by atoms with van der Waals surface area (Å²) < 4.78 is 21.3. The van der Waals surface area contributed by atoms with E-state index in [0.29, 0.717) is 26.4 Å². The summed E-state index contributed by atoms with van der Waals surface area (Å²) in [5.41, 5.74) is 4.70. The summed E-state index contributed by atoms with van der Waals surface area (Å²) in [4.78, 5) is 0. The summed E-state index contributed by atoms with van der Waals surface area (Å²) in [7, 11) is 0. The van der Waals surface area contributed by atoms with Crippen LogP contribution >= 0.6 is 27.0 Å². The normalized spacial score (nSPS) is 13.3. The van der Waals surface area contributed by atoms with Crippen LogP contribution in [0.3, 0.4) is 0 Å². The molecule has 0 spiro atoms. The van der Waals surface area contributed by atoms with Crippen molar-refractivity contribution in [1.82, 2.24) is 0 Å². The van der Waals surface area contributed by atoms with Gasteiger partial charge in [-0.15, -0.1) is 0 Å². The standard InChI is InChI=1S/4C9H8O.2H2S/c4*1-2-6-9-8(4-1)5-3-7-10-9;;/h4*1-6H,7H2;2*1H2. The second-order valence-corrected chi connectivity index (χ2v) is 9.00. The molecule has 0 radical (unpaired) electrons. The highest BCUT2D eigenvalue weighted by molar-refractivity contribution is 7.59. The van der Waals surface area contributed by atoms with Gasteiger partial charge < -0.3 is 18.9 Å². The van der Waals surface area contributed by atoms with Gasteiger partial charge in [-0.1, -0.05) is 97.1 Å². The molecule has 0 N–H and O–H groups in total. The van der Waals surface area contributed by atoms with E-state index in [9.17, 15) is 0 Å². The van der Waals surface area contributed by atoms with E-state index in [1.807, 2.05) is 121 Å². The molecule has 4 aliphatic heterocycles. The Morgan fingerprint density at radius 3 is 0.738 bits per heavy atom. The lowest BCUT2D eigenvalue weighted by Gasteiger charge is -2.10. The molecule has 4 heterocycles. The van der Waals surface area contributed by atoms with Crippen LogP contribution in [0.25, 0.3) is 24.3 Å². The molecule has 6 heteroatoms. The lowest BCUT2D eigenvalue weighted by molar-refractivity contribution is 0.358. The smallest absolute Gasteiger partial charge is 0.126 e. The zero-order valence-corrected chi connectivity index (χ0v) is 25.3. The summed E-state index contributed by atoms with van der Waals surface area (Å²) in [5.74, 6) is 3.96. The van der Waals surface area contributed by atoms with E-state index in [2.05, 4.69) is 24.3 Å². The molecule has 0 aromatic heterocycles. The maximum absolute atomic E-state index is 5.34. The summed E-state index contributed by atoms with van der Waals surface area (Å²) in [5, 5.41) is 0. The number of para-hydroxylation sites is 4. The van der Waals surface area contributed by atoms with Gasteiger partial charge in [0.2, 0.25) is 0 Å². The van der Waals surface area contributed by atoms with Gasteiger partial charge in [0.05, 0.1) is 0 Å². The van der Waals surface area contributed by atoms with Gasteiger partial charge in [-0.3, -0.25) is 0 Å². The lowest BCUT2D eigenvalue weighted by Crippen LogP contribution is -1.98. The van der Waals surface area contributed by atoms with E-state index >= 15 is 0 Å². The van der Waals surface area contributed by atoms with Crippen molar-refractivity contribution in [3.63, 3.8) is 0 Å². The van der Waals surface area contributed by atoms with Gasteiger partial charge in [-0.05, 0) is 48.6 Å². The molecule has 216 valence electrons. The lowest BCUT2D eigenvalue weighted by atomic mass is 10.1. The number of benzene rings is 4. The highest BCUT2D eigenvalue weighted by Crippen LogP contribution is 2.24. The maximum atomic E-state index is 5.34. The molecule has 4 aromatic rings. The topological polar surface area (TPSA) is 36.9 Å². The minimum Gasteiger partial charge on any atom is -0.489 e. The van der Waals surface area contributed by atoms with Crippen molar-refractivity contribution in [2.24, 2.45) is 0 Å². The maximum Gasteiger partial charge on any atom is 0.126 e. The first-order valence-electron chi connectivity index (χ1n) is 13.4. The fourth-order valence-electron chi connectivity index (χ4n) is 4.25. The molecule has 0 bridgehead atoms. The van der Waals surface area contributed by atoms with Crippen LogP contribution in [-0.4, -0.2) is 26.4 Å². The zero-order chi connectivity index (χ0) is 27.2. The SMILES string of the molecule is C1=Cc2ccccc2OC1.C1=Cc2ccccc2OC1.C1=Cc2ccccc2OC1.C1=Cc2ccccc2OC1.S.S. The molecule has 0 saturated carbocycles. The van der Waals surface area contributed by atoms with Gasteiger partial charge in [0.25, 0.3) is 0 Å². The molecular weight excluding hydrogens is 561 g/mol. The molecule has 0 saturated heterocycles. The van der Waals surface area contributed by atoms with Crippen molar-refractivity contribution in [2.75, 3.05) is 26.4 Å². The van der Waals surface area contributed by atoms with Crippen molar-refractivity contribution in [3.8, 4) is 23.0 Å². The van der Waals surface area contributed by atoms with E-state index in [-0.39, 0.29) is 27.0 Å². The van der Waals surface area contributed by atoms with Crippen molar-refractivity contribution in [3.05, 3.63) is 144 Å². The molecule has 42 heavy (non-hydrogen) atoms. The quantitative estimate of drug-likeness (QED) is 0.204. The monoisotopic (exact) mass is 596 g/mol. The van der Waals surface area contributed by atoms with Gasteiger partial charge in [-0.2, -0.15) is 27.0 Å². The fraction of sp³-hybridized carbons (Fsp3) is 0.111. The van der Waals surface area contributed by atoms with Crippen molar-refractivity contribution in [2.45, 2.75) is 0 Å². The largest absolute Gasteiger partial charge is 0.489 e. The summed E-state index contributed by atoms with van der Waals surface area (Å²) in [6.07, 6.45) is 16.4. The highest BCUT2D eigenvalue weighted by atomic mass is 32.1. The molecule has 4 aromatic carbocycles. The van der Waals surface area contributed by atoms with Crippen LogP contribution in [0.1, 0.15) is 22.3 Å². The Morgan fingerprint density at radius 1 is 0.310 bits per heavy atom. The van der Waals surface area contributed by atoms with Gasteiger partial charge in [0.1, 0.15) is 49.4 Å². The van der Waals surface area contributed by atoms with E-state index in [0.717, 1.165) is 23.0 Å². The molecule has 0 atom stereocenters. The van der Waals surface area contributed by atoms with Gasteiger partial charge in [0.15, 0.2) is 0 Å². The first-order chi connectivity index (χ1) is 19.9. The highest BCUT2D eigenvalue weighted by Gasteiger charge is 2.03. The van der Waals surface area contributed by atoms with Gasteiger partial charge in [-0.25, -0.2) is 0 Å². The number of hydrogen-bond donors (Lipinski definition) is 0. The van der Waals surface area contributed by atoms with Crippen LogP contribution in [0.15, 0.2) is 121 Å². The number of ether oxygens (including phenoxy) is 4. The molecule has 0 aliphatic carbocycles. The third-order valence-corrected chi connectivity index (χ3v) is 6.21. The Hall–Kier alpha value is -4.26. The Labute approximate surface area is 262 Å². The van der Waals surface area contributed by atoms with Crippen LogP contribution < -0.4 is 18.9 Å². The minimum atomic E-state index is 0. The molecule has 0 fully saturated rings. The predicted molar refractivity (Wildman–Crippen MR) is 185 cm³/mol. The van der Waals surface area contributed by atoms with E-state index in [1.165, 1.54) is 22.3 Å². The number of fused-ring (bicyclic) bond motifs is 4. The van der Waals surface area contributed by atoms with Gasteiger partial charge in [0, 0.05) is 22.3 Å². The Morgan fingerprint density at radius 2 is 0.524 bits per heavy atom. The average molecular weight is 597 g/mol. The summed E-state index contributed by atoms with van der Waals surface area (Å²) >= 11 is 0. The van der Waals surface area contributed by atoms with E-state index < -0.39 is 0 Å². The molecule has 0 unspecified atom stereocenters. The zero-order valence-electron chi connectivity index (χ0n) is 23.3. The van der Waals surface area contributed by atoms with Crippen molar-refractivity contribution >= 4 is 51.3 Å². The van der Waals surface area contributed by atoms with E-state index in [4.69, 9.17) is 18.9 Å². The number of rotatable bonds is 0. The van der Waals surface area contributed by atoms with Crippen LogP contribution in [0.4, 0.5) is 0 Å². The predicted octanol–water partition coefficient (Wildman–Crippen LogP) is 8.59. The molecule has 8 rings (SSSR count). The minimum absolute atomic E-state index is 0. The molecule has 4 aliphatic rings. The second-order valence-electron chi connectivity index (χ2n) is 9.00. The Balaban J connectivity index is 0.000000151. The molecule has 4 nitrogen and oxygen atoms in total. The number of hydrogen-bond acceptors (Lipinski definition) is 4. The second kappa shape index (κ2) is 17.5. The van der Waals surface area contributed by atoms with Crippen LogP contribution in [0, 0.1) is 0 Å². The first-order valence-corrected chi connectivity index (χ1v) is 13.4. The van der Waals surface area contributed by atoms with Crippen molar-refractivity contribution < 1.29 is 18.9 Å². The van der Waals surface area contributed by atoms with Crippen LogP contribution in [0.5, 0.6) is 23.0 Å². The summed E-state index contributed by atoms with van der Waals surface area (Å²) in [6, 6.07) is 32.1. The van der Waals surface area contributed by atoms with Gasteiger partial charge >= 0.3 is 0 Å². The third kappa shape index (κ3) is 9.40. The Bertz CT molecular complexity index is 1290. The average Bonchev–Trinajstić information content (AvgIpc) is 3.06. The molecular formula is C36H36O4S2.